The van der Waals surface area contributed by atoms with Crippen LogP contribution in [-0.4, -0.2) is 23.8 Å². The first-order valence-electron chi connectivity index (χ1n) is 9.14. The number of aryl methyl sites for hydroxylation is 1. The van der Waals surface area contributed by atoms with Gasteiger partial charge in [0.25, 0.3) is 0 Å². The molecule has 1 fully saturated rings. The number of hydrogen-bond acceptors (Lipinski definition) is 2. The van der Waals surface area contributed by atoms with Gasteiger partial charge in [0.1, 0.15) is 11.6 Å². The van der Waals surface area contributed by atoms with Crippen LogP contribution in [0.3, 0.4) is 0 Å². The fraction of sp³-hybridized carbons (Fsp3) is 0.286. The van der Waals surface area contributed by atoms with Crippen molar-refractivity contribution in [3.05, 3.63) is 65.9 Å². The number of hydrogen-bond donors (Lipinski definition) is 2. The fourth-order valence-electron chi connectivity index (χ4n) is 3.78. The maximum absolute atomic E-state index is 14.5. The summed E-state index contributed by atoms with van der Waals surface area (Å²) in [7, 11) is 1.93. The van der Waals surface area contributed by atoms with Crippen molar-refractivity contribution < 1.29 is 18.3 Å². The molecule has 146 valence electrons. The Morgan fingerprint density at radius 2 is 1.89 bits per heavy atom. The number of nitrogens with one attached hydrogen (secondary N) is 2. The molecule has 0 unspecified atom stereocenters. The van der Waals surface area contributed by atoms with Crippen LogP contribution < -0.4 is 10.6 Å². The molecular formula is C21H21F2N3O2. The molecule has 28 heavy (non-hydrogen) atoms. The van der Waals surface area contributed by atoms with Crippen molar-refractivity contribution in [1.29, 1.82) is 0 Å². The first-order chi connectivity index (χ1) is 13.5. The first-order valence-corrected chi connectivity index (χ1v) is 9.14. The van der Waals surface area contributed by atoms with Crippen LogP contribution in [0.5, 0.6) is 0 Å². The number of anilines is 1. The molecule has 0 atom stereocenters. The van der Waals surface area contributed by atoms with E-state index in [4.69, 9.17) is 4.74 Å². The zero-order chi connectivity index (χ0) is 19.7. The van der Waals surface area contributed by atoms with E-state index in [1.54, 1.807) is 0 Å². The summed E-state index contributed by atoms with van der Waals surface area (Å²) in [5, 5.41) is 6.81. The van der Waals surface area contributed by atoms with E-state index in [9.17, 15) is 13.6 Å². The zero-order valence-corrected chi connectivity index (χ0v) is 15.5. The average Bonchev–Trinajstić information content (AvgIpc) is 3.03. The molecule has 2 N–H and O–H groups in total. The highest BCUT2D eigenvalue weighted by molar-refractivity contribution is 5.93. The molecule has 0 bridgehead atoms. The lowest BCUT2D eigenvalue weighted by molar-refractivity contribution is 0.0404. The number of amides is 2. The molecule has 0 saturated carbocycles. The normalized spacial score (nSPS) is 16.1. The van der Waals surface area contributed by atoms with Gasteiger partial charge in [-0.15, -0.1) is 0 Å². The lowest BCUT2D eigenvalue weighted by Crippen LogP contribution is -2.51. The third-order valence-electron chi connectivity index (χ3n) is 5.29. The van der Waals surface area contributed by atoms with Gasteiger partial charge in [0, 0.05) is 49.3 Å². The second-order valence-electron chi connectivity index (χ2n) is 7.10. The van der Waals surface area contributed by atoms with E-state index < -0.39 is 23.2 Å². The number of benzene rings is 2. The molecule has 3 aromatic rings. The summed E-state index contributed by atoms with van der Waals surface area (Å²) in [5.41, 5.74) is 0.942. The molecule has 0 aliphatic carbocycles. The number of nitrogens with zero attached hydrogens (tertiary/aromatic N) is 1. The van der Waals surface area contributed by atoms with E-state index >= 15 is 0 Å². The molecule has 1 saturated heterocycles. The highest BCUT2D eigenvalue weighted by Gasteiger charge is 2.38. The first kappa shape index (κ1) is 18.4. The largest absolute Gasteiger partial charge is 0.381 e. The van der Waals surface area contributed by atoms with Crippen LogP contribution in [0, 0.1) is 11.6 Å². The summed E-state index contributed by atoms with van der Waals surface area (Å²) in [6, 6.07) is 10.6. The van der Waals surface area contributed by atoms with Crippen LogP contribution in [-0.2, 0) is 17.3 Å². The Balaban J connectivity index is 1.59. The zero-order valence-electron chi connectivity index (χ0n) is 15.5. The van der Waals surface area contributed by atoms with Gasteiger partial charge in [0.05, 0.1) is 5.54 Å². The van der Waals surface area contributed by atoms with Crippen molar-refractivity contribution in [3.63, 3.8) is 0 Å². The minimum Gasteiger partial charge on any atom is -0.381 e. The molecule has 2 heterocycles. The number of urea groups is 1. The molecular weight excluding hydrogens is 364 g/mol. The molecule has 0 spiro atoms. The van der Waals surface area contributed by atoms with Gasteiger partial charge in [0.2, 0.25) is 0 Å². The lowest BCUT2D eigenvalue weighted by atomic mass is 9.82. The summed E-state index contributed by atoms with van der Waals surface area (Å²) in [6.45, 7) is 0.763. The van der Waals surface area contributed by atoms with Crippen LogP contribution in [0.2, 0.25) is 0 Å². The SMILES string of the molecule is Cn1ccc2ccc(NC(=O)NC3(c4ccc(F)cc4F)CCOCC3)cc21. The maximum Gasteiger partial charge on any atom is 0.319 e. The summed E-state index contributed by atoms with van der Waals surface area (Å²) in [4.78, 5) is 12.7. The summed E-state index contributed by atoms with van der Waals surface area (Å²) in [6.07, 6.45) is 2.75. The molecule has 4 rings (SSSR count). The van der Waals surface area contributed by atoms with Crippen molar-refractivity contribution in [2.45, 2.75) is 18.4 Å². The standard InChI is InChI=1S/C21H21F2N3O2/c1-26-9-6-14-2-4-16(13-19(14)26)24-20(27)25-21(7-10-28-11-8-21)17-5-3-15(22)12-18(17)23/h2-6,9,12-13H,7-8,10-11H2,1H3,(H2,24,25,27). The predicted octanol–water partition coefficient (Wildman–Crippen LogP) is 4.28. The highest BCUT2D eigenvalue weighted by Crippen LogP contribution is 2.34. The van der Waals surface area contributed by atoms with Gasteiger partial charge < -0.3 is 19.9 Å². The minimum absolute atomic E-state index is 0.269. The summed E-state index contributed by atoms with van der Waals surface area (Å²) in [5.74, 6) is -1.32. The van der Waals surface area contributed by atoms with E-state index in [-0.39, 0.29) is 5.56 Å². The number of ether oxygens (including phenoxy) is 1. The second kappa shape index (κ2) is 7.24. The Bertz CT molecular complexity index is 1030. The predicted molar refractivity (Wildman–Crippen MR) is 103 cm³/mol. The molecule has 5 nitrogen and oxygen atoms in total. The van der Waals surface area contributed by atoms with Gasteiger partial charge in [-0.25, -0.2) is 13.6 Å². The topological polar surface area (TPSA) is 55.3 Å². The Hall–Kier alpha value is -2.93. The van der Waals surface area contributed by atoms with E-state index in [2.05, 4.69) is 10.6 Å². The number of rotatable bonds is 3. The Morgan fingerprint density at radius 1 is 1.11 bits per heavy atom. The smallest absolute Gasteiger partial charge is 0.319 e. The van der Waals surface area contributed by atoms with Crippen molar-refractivity contribution in [2.24, 2.45) is 7.05 Å². The van der Waals surface area contributed by atoms with Gasteiger partial charge in [-0.1, -0.05) is 12.1 Å². The van der Waals surface area contributed by atoms with Gasteiger partial charge >= 0.3 is 6.03 Å². The summed E-state index contributed by atoms with van der Waals surface area (Å²) >= 11 is 0. The summed E-state index contributed by atoms with van der Waals surface area (Å²) < 4.78 is 35.2. The molecule has 7 heteroatoms. The Kier molecular flexibility index (Phi) is 4.77. The van der Waals surface area contributed by atoms with Crippen molar-refractivity contribution in [1.82, 2.24) is 9.88 Å². The fourth-order valence-corrected chi connectivity index (χ4v) is 3.78. The van der Waals surface area contributed by atoms with Crippen molar-refractivity contribution in [2.75, 3.05) is 18.5 Å². The van der Waals surface area contributed by atoms with E-state index in [0.717, 1.165) is 17.0 Å². The molecule has 1 aromatic heterocycles. The molecule has 2 amide bonds. The van der Waals surface area contributed by atoms with Crippen LogP contribution in [0.4, 0.5) is 19.3 Å². The molecule has 2 aromatic carbocycles. The van der Waals surface area contributed by atoms with E-state index in [1.165, 1.54) is 12.1 Å². The van der Waals surface area contributed by atoms with Crippen LogP contribution >= 0.6 is 0 Å². The maximum atomic E-state index is 14.5. The van der Waals surface area contributed by atoms with Crippen LogP contribution in [0.1, 0.15) is 18.4 Å². The van der Waals surface area contributed by atoms with Gasteiger partial charge in [-0.2, -0.15) is 0 Å². The number of fused-ring (bicyclic) bond motifs is 1. The molecule has 1 aliphatic rings. The van der Waals surface area contributed by atoms with E-state index in [0.29, 0.717) is 31.7 Å². The van der Waals surface area contributed by atoms with Crippen LogP contribution in [0.25, 0.3) is 10.9 Å². The third-order valence-corrected chi connectivity index (χ3v) is 5.29. The van der Waals surface area contributed by atoms with Crippen molar-refractivity contribution in [3.8, 4) is 0 Å². The highest BCUT2D eigenvalue weighted by atomic mass is 19.1. The monoisotopic (exact) mass is 385 g/mol. The van der Waals surface area contributed by atoms with Gasteiger partial charge in [-0.3, -0.25) is 0 Å². The number of carbonyl (C=O) groups excluding carboxylic acids is 1. The van der Waals surface area contributed by atoms with Gasteiger partial charge in [-0.05, 0) is 42.5 Å². The minimum atomic E-state index is -0.949. The second-order valence-corrected chi connectivity index (χ2v) is 7.10. The molecule has 1 aliphatic heterocycles. The van der Waals surface area contributed by atoms with Gasteiger partial charge in [0.15, 0.2) is 0 Å². The lowest BCUT2D eigenvalue weighted by Gasteiger charge is -2.38. The Morgan fingerprint density at radius 3 is 2.64 bits per heavy atom. The molecule has 0 radical (unpaired) electrons. The number of carbonyl (C=O) groups is 1. The Labute approximate surface area is 161 Å². The van der Waals surface area contributed by atoms with E-state index in [1.807, 2.05) is 42.1 Å². The number of aromatic nitrogens is 1. The third kappa shape index (κ3) is 3.45. The number of halogens is 2. The van der Waals surface area contributed by atoms with Crippen molar-refractivity contribution >= 4 is 22.6 Å². The quantitative estimate of drug-likeness (QED) is 0.707. The average molecular weight is 385 g/mol. The van der Waals surface area contributed by atoms with Crippen LogP contribution in [0.15, 0.2) is 48.7 Å².